The zero-order chi connectivity index (χ0) is 24.6. The van der Waals surface area contributed by atoms with E-state index in [0.29, 0.717) is 29.3 Å². The van der Waals surface area contributed by atoms with Crippen molar-refractivity contribution in [2.45, 2.75) is 26.7 Å². The van der Waals surface area contributed by atoms with Crippen LogP contribution in [0.2, 0.25) is 0 Å². The summed E-state index contributed by atoms with van der Waals surface area (Å²) in [6, 6.07) is 9.97. The van der Waals surface area contributed by atoms with Crippen molar-refractivity contribution in [3.8, 4) is 33.2 Å². The first-order chi connectivity index (χ1) is 17.6. The van der Waals surface area contributed by atoms with Crippen LogP contribution < -0.4 is 5.32 Å². The van der Waals surface area contributed by atoms with Crippen LogP contribution in [0.5, 0.6) is 0 Å². The van der Waals surface area contributed by atoms with Gasteiger partial charge in [-0.15, -0.1) is 11.3 Å². The molecule has 0 aliphatic heterocycles. The van der Waals surface area contributed by atoms with Crippen molar-refractivity contribution in [1.29, 1.82) is 0 Å². The first kappa shape index (κ1) is 22.1. The summed E-state index contributed by atoms with van der Waals surface area (Å²) >= 11 is 1.69. The molecule has 0 saturated heterocycles. The van der Waals surface area contributed by atoms with E-state index in [1.165, 1.54) is 4.88 Å². The Kier molecular flexibility index (Phi) is 5.49. The number of imidazole rings is 1. The number of H-pyrrole nitrogens is 2. The van der Waals surface area contributed by atoms with Gasteiger partial charge in [0, 0.05) is 41.0 Å². The molecule has 0 radical (unpaired) electrons. The normalized spacial score (nSPS) is 11.4. The number of carbonyl (C=O) groups is 1. The second-order valence-corrected chi connectivity index (χ2v) is 9.79. The van der Waals surface area contributed by atoms with E-state index < -0.39 is 0 Å². The van der Waals surface area contributed by atoms with Crippen LogP contribution in [0.1, 0.15) is 24.6 Å². The van der Waals surface area contributed by atoms with E-state index in [0.717, 1.165) is 44.5 Å². The summed E-state index contributed by atoms with van der Waals surface area (Å²) in [6.45, 7) is 4.05. The van der Waals surface area contributed by atoms with Gasteiger partial charge in [-0.1, -0.05) is 6.92 Å². The average Bonchev–Trinajstić information content (AvgIpc) is 3.61. The minimum absolute atomic E-state index is 0.0291. The summed E-state index contributed by atoms with van der Waals surface area (Å²) < 4.78 is 0. The Morgan fingerprint density at radius 1 is 1.06 bits per heavy atom. The second kappa shape index (κ2) is 8.97. The molecule has 1 amide bonds. The molecule has 3 N–H and O–H groups in total. The van der Waals surface area contributed by atoms with Gasteiger partial charge in [-0.2, -0.15) is 5.10 Å². The largest absolute Gasteiger partial charge is 0.336 e. The van der Waals surface area contributed by atoms with Crippen LogP contribution in [0.15, 0.2) is 55.1 Å². The van der Waals surface area contributed by atoms with Crippen LogP contribution in [-0.2, 0) is 4.79 Å². The van der Waals surface area contributed by atoms with Crippen LogP contribution in [0.25, 0.3) is 55.3 Å². The molecule has 6 aromatic rings. The van der Waals surface area contributed by atoms with Crippen molar-refractivity contribution < 1.29 is 4.79 Å². The number of fused-ring (bicyclic) bond motifs is 2. The third-order valence-electron chi connectivity index (χ3n) is 5.85. The monoisotopic (exact) mass is 494 g/mol. The van der Waals surface area contributed by atoms with Gasteiger partial charge in [-0.25, -0.2) is 9.97 Å². The lowest BCUT2D eigenvalue weighted by Crippen LogP contribution is -2.10. The van der Waals surface area contributed by atoms with E-state index in [9.17, 15) is 4.79 Å². The molecule has 0 bridgehead atoms. The molecule has 6 heterocycles. The van der Waals surface area contributed by atoms with Crippen LogP contribution in [0.3, 0.4) is 0 Å². The predicted molar refractivity (Wildman–Crippen MR) is 142 cm³/mol. The Hall–Kier alpha value is -4.44. The number of nitrogens with one attached hydrogen (secondary N) is 3. The fourth-order valence-electron chi connectivity index (χ4n) is 4.15. The number of thiophene rings is 1. The van der Waals surface area contributed by atoms with Crippen molar-refractivity contribution in [2.75, 3.05) is 5.32 Å². The highest BCUT2D eigenvalue weighted by Crippen LogP contribution is 2.34. The number of nitrogens with zero attached hydrogens (tertiary/aromatic N) is 5. The maximum atomic E-state index is 12.0. The molecule has 0 atom stereocenters. The van der Waals surface area contributed by atoms with Gasteiger partial charge >= 0.3 is 0 Å². The first-order valence-electron chi connectivity index (χ1n) is 11.6. The van der Waals surface area contributed by atoms with Gasteiger partial charge in [-0.3, -0.25) is 19.9 Å². The number of anilines is 1. The van der Waals surface area contributed by atoms with Crippen molar-refractivity contribution in [3.05, 3.63) is 60.0 Å². The van der Waals surface area contributed by atoms with E-state index in [-0.39, 0.29) is 5.91 Å². The standard InChI is InChI=1S/C26H22N8OS/c1-3-4-21(35)30-17-9-15(11-27-13-17)16-10-18-22(33-34-25(18)29-12-16)26-31-19-7-8-28-24(23(19)32-26)20-6-5-14(2)36-20/h5-13H,3-4H2,1-2H3,(H,30,35)(H,31,32)(H,29,33,34). The number of carbonyl (C=O) groups excluding carboxylic acids is 1. The molecule has 0 unspecified atom stereocenters. The van der Waals surface area contributed by atoms with Gasteiger partial charge in [0.15, 0.2) is 11.5 Å². The van der Waals surface area contributed by atoms with Crippen LogP contribution in [0.4, 0.5) is 5.69 Å². The molecule has 0 aliphatic carbocycles. The van der Waals surface area contributed by atoms with Crippen molar-refractivity contribution in [1.82, 2.24) is 35.1 Å². The number of amides is 1. The Balaban J connectivity index is 1.40. The van der Waals surface area contributed by atoms with Crippen molar-refractivity contribution >= 4 is 45.0 Å². The lowest BCUT2D eigenvalue weighted by molar-refractivity contribution is -0.116. The summed E-state index contributed by atoms with van der Waals surface area (Å²) in [7, 11) is 0. The molecule has 0 aromatic carbocycles. The Labute approximate surface area is 210 Å². The fourth-order valence-corrected chi connectivity index (χ4v) is 5.01. The molecule has 0 spiro atoms. The molecule has 10 heteroatoms. The van der Waals surface area contributed by atoms with Gasteiger partial charge in [0.25, 0.3) is 0 Å². The number of rotatable bonds is 6. The predicted octanol–water partition coefficient (Wildman–Crippen LogP) is 5.73. The Morgan fingerprint density at radius 2 is 1.94 bits per heavy atom. The number of pyridine rings is 3. The zero-order valence-corrected chi connectivity index (χ0v) is 20.5. The van der Waals surface area contributed by atoms with Gasteiger partial charge in [0.1, 0.15) is 16.9 Å². The quantitative estimate of drug-likeness (QED) is 0.271. The van der Waals surface area contributed by atoms with Crippen molar-refractivity contribution in [3.63, 3.8) is 0 Å². The Morgan fingerprint density at radius 3 is 2.78 bits per heavy atom. The second-order valence-electron chi connectivity index (χ2n) is 8.50. The van der Waals surface area contributed by atoms with Crippen LogP contribution in [0, 0.1) is 6.92 Å². The average molecular weight is 495 g/mol. The fraction of sp³-hybridized carbons (Fsp3) is 0.154. The van der Waals surface area contributed by atoms with Gasteiger partial charge in [0.05, 0.1) is 27.7 Å². The van der Waals surface area contributed by atoms with E-state index in [2.05, 4.69) is 54.5 Å². The summed E-state index contributed by atoms with van der Waals surface area (Å²) in [5.74, 6) is 0.607. The number of hydrogen-bond acceptors (Lipinski definition) is 7. The number of hydrogen-bond donors (Lipinski definition) is 3. The molecular weight excluding hydrogens is 472 g/mol. The van der Waals surface area contributed by atoms with Gasteiger partial charge in [-0.05, 0) is 43.7 Å². The minimum Gasteiger partial charge on any atom is -0.336 e. The van der Waals surface area contributed by atoms with E-state index in [1.807, 2.05) is 25.1 Å². The lowest BCUT2D eigenvalue weighted by Gasteiger charge is -2.07. The lowest BCUT2D eigenvalue weighted by atomic mass is 10.1. The van der Waals surface area contributed by atoms with Crippen LogP contribution >= 0.6 is 11.3 Å². The van der Waals surface area contributed by atoms with Crippen LogP contribution in [-0.4, -0.2) is 41.0 Å². The summed E-state index contributed by atoms with van der Waals surface area (Å²) in [5, 5.41) is 11.2. The summed E-state index contributed by atoms with van der Waals surface area (Å²) in [5.41, 5.74) is 6.22. The highest BCUT2D eigenvalue weighted by Gasteiger charge is 2.17. The number of aromatic nitrogens is 7. The van der Waals surface area contributed by atoms with E-state index in [4.69, 9.17) is 4.98 Å². The summed E-state index contributed by atoms with van der Waals surface area (Å²) in [4.78, 5) is 36.0. The molecule has 0 fully saturated rings. The highest BCUT2D eigenvalue weighted by atomic mass is 32.1. The van der Waals surface area contributed by atoms with Gasteiger partial charge in [0.2, 0.25) is 5.91 Å². The minimum atomic E-state index is -0.0291. The molecule has 9 nitrogen and oxygen atoms in total. The maximum absolute atomic E-state index is 12.0. The molecule has 0 aliphatic rings. The molecule has 0 saturated carbocycles. The van der Waals surface area contributed by atoms with Gasteiger partial charge < -0.3 is 10.3 Å². The topological polar surface area (TPSA) is 125 Å². The van der Waals surface area contributed by atoms with Crippen molar-refractivity contribution in [2.24, 2.45) is 0 Å². The number of aryl methyl sites for hydroxylation is 1. The zero-order valence-electron chi connectivity index (χ0n) is 19.7. The molecule has 6 rings (SSSR count). The molecule has 6 aromatic heterocycles. The third kappa shape index (κ3) is 4.01. The highest BCUT2D eigenvalue weighted by molar-refractivity contribution is 7.15. The molecule has 178 valence electrons. The smallest absolute Gasteiger partial charge is 0.224 e. The van der Waals surface area contributed by atoms with E-state index in [1.54, 1.807) is 36.1 Å². The number of aromatic amines is 2. The maximum Gasteiger partial charge on any atom is 0.224 e. The molecular formula is C26H22N8OS. The first-order valence-corrected chi connectivity index (χ1v) is 12.4. The summed E-state index contributed by atoms with van der Waals surface area (Å²) in [6.07, 6.45) is 8.20. The molecule has 36 heavy (non-hydrogen) atoms. The van der Waals surface area contributed by atoms with E-state index >= 15 is 0 Å². The Bertz CT molecular complexity index is 1730. The third-order valence-corrected chi connectivity index (χ3v) is 6.86. The SMILES string of the molecule is CCCC(=O)Nc1cncc(-c2cnc3[nH]nc(-c4nc5c(-c6ccc(C)s6)nccc5[nH]4)c3c2)c1.